The van der Waals surface area contributed by atoms with Crippen LogP contribution in [0.15, 0.2) is 78.2 Å². The van der Waals surface area contributed by atoms with Crippen molar-refractivity contribution in [3.63, 3.8) is 0 Å². The summed E-state index contributed by atoms with van der Waals surface area (Å²) in [6.45, 7) is 0. The lowest BCUT2D eigenvalue weighted by molar-refractivity contribution is -0.119. The normalized spacial score (nSPS) is 27.7. The van der Waals surface area contributed by atoms with Gasteiger partial charge in [0, 0.05) is 16.5 Å². The highest BCUT2D eigenvalue weighted by atomic mass is 32.1. The SMILES string of the molecule is O=C1C2NNC(c3cccs3)C2C(c2ccccc2)N1c1ccccc1. The highest BCUT2D eigenvalue weighted by Gasteiger charge is 2.56. The van der Waals surface area contributed by atoms with Gasteiger partial charge in [-0.25, -0.2) is 10.9 Å². The van der Waals surface area contributed by atoms with E-state index >= 15 is 0 Å². The number of anilines is 1. The summed E-state index contributed by atoms with van der Waals surface area (Å²) < 4.78 is 0. The lowest BCUT2D eigenvalue weighted by Crippen LogP contribution is -2.41. The number of rotatable bonds is 3. The predicted molar refractivity (Wildman–Crippen MR) is 104 cm³/mol. The molecule has 0 saturated carbocycles. The van der Waals surface area contributed by atoms with Crippen molar-refractivity contribution < 1.29 is 4.79 Å². The average molecular weight is 361 g/mol. The number of carbonyl (C=O) groups is 1. The monoisotopic (exact) mass is 361 g/mol. The van der Waals surface area contributed by atoms with Gasteiger partial charge in [-0.1, -0.05) is 54.6 Å². The number of amides is 1. The van der Waals surface area contributed by atoms with E-state index < -0.39 is 0 Å². The molecule has 2 saturated heterocycles. The van der Waals surface area contributed by atoms with Gasteiger partial charge in [0.15, 0.2) is 0 Å². The molecule has 0 bridgehead atoms. The van der Waals surface area contributed by atoms with Crippen LogP contribution in [0.25, 0.3) is 0 Å². The maximum atomic E-state index is 13.3. The Kier molecular flexibility index (Phi) is 3.85. The smallest absolute Gasteiger partial charge is 0.246 e. The Morgan fingerprint density at radius 2 is 1.50 bits per heavy atom. The molecule has 3 aromatic rings. The van der Waals surface area contributed by atoms with Crippen molar-refractivity contribution in [2.24, 2.45) is 5.92 Å². The zero-order chi connectivity index (χ0) is 17.5. The lowest BCUT2D eigenvalue weighted by Gasteiger charge is -2.31. The minimum atomic E-state index is -0.229. The van der Waals surface area contributed by atoms with Crippen LogP contribution in [-0.4, -0.2) is 11.9 Å². The summed E-state index contributed by atoms with van der Waals surface area (Å²) in [5, 5.41) is 2.09. The summed E-state index contributed by atoms with van der Waals surface area (Å²) in [4.78, 5) is 16.5. The number of thiophene rings is 1. The Morgan fingerprint density at radius 3 is 2.19 bits per heavy atom. The Hall–Kier alpha value is -2.47. The van der Waals surface area contributed by atoms with Gasteiger partial charge in [-0.15, -0.1) is 11.3 Å². The molecule has 4 atom stereocenters. The molecular formula is C21H19N3OS. The van der Waals surface area contributed by atoms with Crippen molar-refractivity contribution in [2.45, 2.75) is 18.1 Å². The molecule has 2 fully saturated rings. The Bertz CT molecular complexity index is 898. The fraction of sp³-hybridized carbons (Fsp3) is 0.190. The molecule has 0 spiro atoms. The van der Waals surface area contributed by atoms with E-state index in [1.54, 1.807) is 11.3 Å². The van der Waals surface area contributed by atoms with Gasteiger partial charge in [-0.05, 0) is 29.1 Å². The second-order valence-electron chi connectivity index (χ2n) is 6.74. The topological polar surface area (TPSA) is 44.4 Å². The number of hydrazine groups is 1. The van der Waals surface area contributed by atoms with Crippen LogP contribution < -0.4 is 15.8 Å². The molecule has 5 heteroatoms. The second-order valence-corrected chi connectivity index (χ2v) is 7.72. The van der Waals surface area contributed by atoms with Crippen molar-refractivity contribution >= 4 is 22.9 Å². The first kappa shape index (κ1) is 15.8. The van der Waals surface area contributed by atoms with Crippen LogP contribution in [0.5, 0.6) is 0 Å². The number of benzene rings is 2. The van der Waals surface area contributed by atoms with Crippen LogP contribution >= 0.6 is 11.3 Å². The zero-order valence-corrected chi connectivity index (χ0v) is 14.9. The van der Waals surface area contributed by atoms with Crippen molar-refractivity contribution in [3.05, 3.63) is 88.6 Å². The van der Waals surface area contributed by atoms with Crippen molar-refractivity contribution in [3.8, 4) is 0 Å². The number of nitrogens with zero attached hydrogens (tertiary/aromatic N) is 1. The van der Waals surface area contributed by atoms with Crippen LogP contribution in [0.4, 0.5) is 5.69 Å². The summed E-state index contributed by atoms with van der Waals surface area (Å²) in [7, 11) is 0. The summed E-state index contributed by atoms with van der Waals surface area (Å²) in [5.41, 5.74) is 8.77. The summed E-state index contributed by atoms with van der Waals surface area (Å²) in [6.07, 6.45) is 0. The van der Waals surface area contributed by atoms with Crippen LogP contribution in [0.1, 0.15) is 22.5 Å². The van der Waals surface area contributed by atoms with Gasteiger partial charge in [0.1, 0.15) is 6.04 Å². The highest BCUT2D eigenvalue weighted by molar-refractivity contribution is 7.10. The fourth-order valence-electron chi connectivity index (χ4n) is 4.24. The van der Waals surface area contributed by atoms with Gasteiger partial charge in [0.2, 0.25) is 5.91 Å². The van der Waals surface area contributed by atoms with Gasteiger partial charge < -0.3 is 4.90 Å². The molecule has 4 nitrogen and oxygen atoms in total. The van der Waals surface area contributed by atoms with E-state index in [2.05, 4.69) is 40.5 Å². The first-order valence-electron chi connectivity index (χ1n) is 8.82. The van der Waals surface area contributed by atoms with E-state index in [9.17, 15) is 4.79 Å². The van der Waals surface area contributed by atoms with Crippen LogP contribution in [0.2, 0.25) is 0 Å². The van der Waals surface area contributed by atoms with Crippen molar-refractivity contribution in [2.75, 3.05) is 4.90 Å². The van der Waals surface area contributed by atoms with E-state index in [-0.39, 0.29) is 30.0 Å². The molecule has 2 aliphatic rings. The molecule has 4 unspecified atom stereocenters. The quantitative estimate of drug-likeness (QED) is 0.748. The molecular weight excluding hydrogens is 342 g/mol. The number of fused-ring (bicyclic) bond motifs is 1. The lowest BCUT2D eigenvalue weighted by atomic mass is 9.86. The van der Waals surface area contributed by atoms with Crippen LogP contribution in [0, 0.1) is 5.92 Å². The Balaban J connectivity index is 1.64. The molecule has 130 valence electrons. The highest BCUT2D eigenvalue weighted by Crippen LogP contribution is 2.49. The zero-order valence-electron chi connectivity index (χ0n) is 14.1. The van der Waals surface area contributed by atoms with E-state index in [1.807, 2.05) is 53.4 Å². The molecule has 0 aliphatic carbocycles. The van der Waals surface area contributed by atoms with E-state index in [0.29, 0.717) is 0 Å². The minimum absolute atomic E-state index is 0.00861. The largest absolute Gasteiger partial charge is 0.303 e. The molecule has 5 rings (SSSR count). The summed E-state index contributed by atoms with van der Waals surface area (Å²) in [5.74, 6) is 0.255. The van der Waals surface area contributed by atoms with Gasteiger partial charge in [-0.3, -0.25) is 4.79 Å². The third-order valence-electron chi connectivity index (χ3n) is 5.34. The van der Waals surface area contributed by atoms with Gasteiger partial charge in [0.05, 0.1) is 12.1 Å². The minimum Gasteiger partial charge on any atom is -0.303 e. The third kappa shape index (κ3) is 2.40. The van der Waals surface area contributed by atoms with Gasteiger partial charge in [0.25, 0.3) is 0 Å². The molecule has 2 N–H and O–H groups in total. The average Bonchev–Trinajstić information content (AvgIpc) is 3.40. The van der Waals surface area contributed by atoms with Crippen LogP contribution in [-0.2, 0) is 4.79 Å². The van der Waals surface area contributed by atoms with Crippen molar-refractivity contribution in [1.29, 1.82) is 0 Å². The standard InChI is InChI=1S/C21H19N3OS/c25-21-19-17(18(22-23-19)16-12-7-13-26-16)20(14-8-3-1-4-9-14)24(21)15-10-5-2-6-11-15/h1-13,17-20,22-23H. The third-order valence-corrected chi connectivity index (χ3v) is 6.29. The molecule has 2 aromatic carbocycles. The predicted octanol–water partition coefficient (Wildman–Crippen LogP) is 3.67. The first-order chi connectivity index (χ1) is 12.8. The van der Waals surface area contributed by atoms with Gasteiger partial charge >= 0.3 is 0 Å². The molecule has 26 heavy (non-hydrogen) atoms. The fourth-order valence-corrected chi connectivity index (χ4v) is 5.08. The number of para-hydroxylation sites is 1. The summed E-state index contributed by atoms with van der Waals surface area (Å²) >= 11 is 1.73. The van der Waals surface area contributed by atoms with Crippen molar-refractivity contribution in [1.82, 2.24) is 10.9 Å². The maximum Gasteiger partial charge on any atom is 0.246 e. The second kappa shape index (κ2) is 6.36. The summed E-state index contributed by atoms with van der Waals surface area (Å²) in [6, 6.07) is 24.4. The van der Waals surface area contributed by atoms with E-state index in [1.165, 1.54) is 10.4 Å². The molecule has 3 heterocycles. The number of carbonyl (C=O) groups excluding carboxylic acids is 1. The van der Waals surface area contributed by atoms with Gasteiger partial charge in [-0.2, -0.15) is 0 Å². The first-order valence-corrected chi connectivity index (χ1v) is 9.70. The van der Waals surface area contributed by atoms with Crippen LogP contribution in [0.3, 0.4) is 0 Å². The molecule has 2 aliphatic heterocycles. The Labute approximate surface area is 156 Å². The molecule has 1 amide bonds. The maximum absolute atomic E-state index is 13.3. The molecule has 0 radical (unpaired) electrons. The number of hydrogen-bond donors (Lipinski definition) is 2. The number of nitrogens with one attached hydrogen (secondary N) is 2. The Morgan fingerprint density at radius 1 is 0.808 bits per heavy atom. The van der Waals surface area contributed by atoms with E-state index in [0.717, 1.165) is 5.69 Å². The molecule has 1 aromatic heterocycles. The number of hydrogen-bond acceptors (Lipinski definition) is 4. The van der Waals surface area contributed by atoms with E-state index in [4.69, 9.17) is 0 Å².